The van der Waals surface area contributed by atoms with Gasteiger partial charge >= 0.3 is 0 Å². The van der Waals surface area contributed by atoms with Gasteiger partial charge < -0.3 is 10.2 Å². The van der Waals surface area contributed by atoms with Crippen LogP contribution in [0.3, 0.4) is 0 Å². The molecule has 1 atom stereocenters. The molecule has 1 aliphatic rings. The predicted octanol–water partition coefficient (Wildman–Crippen LogP) is 2.02. The van der Waals surface area contributed by atoms with Crippen molar-refractivity contribution in [2.24, 2.45) is 5.92 Å². The van der Waals surface area contributed by atoms with Crippen LogP contribution in [0.15, 0.2) is 42.5 Å². The van der Waals surface area contributed by atoms with Gasteiger partial charge in [0, 0.05) is 25.2 Å². The van der Waals surface area contributed by atoms with E-state index in [1.807, 2.05) is 32.0 Å². The number of nitrogens with zero attached hydrogens (tertiary/aromatic N) is 1. The first-order valence-electron chi connectivity index (χ1n) is 9.83. The number of hydrogen-bond donors (Lipinski definition) is 2. The van der Waals surface area contributed by atoms with E-state index in [2.05, 4.69) is 10.0 Å². The van der Waals surface area contributed by atoms with Gasteiger partial charge in [0.25, 0.3) is 0 Å². The molecule has 3 rings (SSSR count). The highest BCUT2D eigenvalue weighted by atomic mass is 32.2. The Balaban J connectivity index is 1.58. The molecule has 0 bridgehead atoms. The van der Waals surface area contributed by atoms with Crippen LogP contribution in [0.5, 0.6) is 0 Å². The van der Waals surface area contributed by atoms with Gasteiger partial charge in [-0.3, -0.25) is 9.59 Å². The minimum atomic E-state index is -3.32. The minimum Gasteiger partial charge on any atom is -0.352 e. The summed E-state index contributed by atoms with van der Waals surface area (Å²) in [5, 5.41) is 2.89. The van der Waals surface area contributed by atoms with Crippen LogP contribution in [0.2, 0.25) is 0 Å². The second kappa shape index (κ2) is 8.97. The van der Waals surface area contributed by atoms with Gasteiger partial charge in [0.05, 0.1) is 11.7 Å². The fraction of sp³-hybridized carbons (Fsp3) is 0.364. The summed E-state index contributed by atoms with van der Waals surface area (Å²) >= 11 is 0. The zero-order valence-corrected chi connectivity index (χ0v) is 18.3. The number of benzene rings is 2. The van der Waals surface area contributed by atoms with Crippen LogP contribution in [0.4, 0.5) is 5.69 Å². The summed E-state index contributed by atoms with van der Waals surface area (Å²) in [6.07, 6.45) is 0.194. The fourth-order valence-electron chi connectivity index (χ4n) is 3.52. The van der Waals surface area contributed by atoms with Gasteiger partial charge in [0.1, 0.15) is 0 Å². The van der Waals surface area contributed by atoms with E-state index in [4.69, 9.17) is 0 Å². The Labute approximate surface area is 177 Å². The topological polar surface area (TPSA) is 95.6 Å². The average molecular weight is 430 g/mol. The van der Waals surface area contributed by atoms with Crippen molar-refractivity contribution >= 4 is 27.5 Å². The van der Waals surface area contributed by atoms with E-state index in [0.717, 1.165) is 22.4 Å². The number of nitrogens with one attached hydrogen (secondary N) is 2. The first-order chi connectivity index (χ1) is 14.2. The maximum absolute atomic E-state index is 12.6. The number of sulfonamides is 1. The van der Waals surface area contributed by atoms with E-state index in [9.17, 15) is 18.0 Å². The molecule has 2 aromatic carbocycles. The molecule has 1 aliphatic heterocycles. The number of amides is 2. The summed E-state index contributed by atoms with van der Waals surface area (Å²) in [6.45, 7) is 4.68. The minimum absolute atomic E-state index is 0.0426. The standard InChI is InChI=1S/C22H27N3O4S/c1-15-5-4-6-20(16(15)2)25-13-19(11-21(25)26)22(27)24-12-17-7-9-18(10-8-17)14-30(28,29)23-3/h4-10,19,23H,11-14H2,1-3H3,(H,24,27)/t19-/m0/s1. The molecule has 7 nitrogen and oxygen atoms in total. The van der Waals surface area contributed by atoms with Crippen LogP contribution < -0.4 is 14.9 Å². The Morgan fingerprint density at radius 3 is 2.43 bits per heavy atom. The molecule has 0 aromatic heterocycles. The maximum Gasteiger partial charge on any atom is 0.227 e. The van der Waals surface area contributed by atoms with E-state index in [1.165, 1.54) is 7.05 Å². The van der Waals surface area contributed by atoms with Gasteiger partial charge in [0.2, 0.25) is 21.8 Å². The molecule has 0 saturated carbocycles. The van der Waals surface area contributed by atoms with Crippen LogP contribution in [-0.4, -0.2) is 33.8 Å². The van der Waals surface area contributed by atoms with Crippen molar-refractivity contribution in [2.75, 3.05) is 18.5 Å². The Kier molecular flexibility index (Phi) is 6.58. The molecule has 2 N–H and O–H groups in total. The van der Waals surface area contributed by atoms with Crippen LogP contribution in [0.25, 0.3) is 0 Å². The molecular weight excluding hydrogens is 402 g/mol. The van der Waals surface area contributed by atoms with Gasteiger partial charge in [-0.1, -0.05) is 36.4 Å². The van der Waals surface area contributed by atoms with Crippen molar-refractivity contribution in [1.29, 1.82) is 0 Å². The summed E-state index contributed by atoms with van der Waals surface area (Å²) in [7, 11) is -1.93. The zero-order valence-electron chi connectivity index (χ0n) is 17.4. The van der Waals surface area contributed by atoms with Gasteiger partial charge in [-0.15, -0.1) is 0 Å². The van der Waals surface area contributed by atoms with Crippen molar-refractivity contribution in [2.45, 2.75) is 32.6 Å². The molecule has 0 unspecified atom stereocenters. The fourth-order valence-corrected chi connectivity index (χ4v) is 4.30. The second-order valence-electron chi connectivity index (χ2n) is 7.62. The summed E-state index contributed by atoms with van der Waals surface area (Å²) in [5.41, 5.74) is 4.56. The van der Waals surface area contributed by atoms with Crippen molar-refractivity contribution < 1.29 is 18.0 Å². The SMILES string of the molecule is CNS(=O)(=O)Cc1ccc(CNC(=O)[C@H]2CC(=O)N(c3cccc(C)c3C)C2)cc1. The molecule has 0 radical (unpaired) electrons. The molecule has 0 spiro atoms. The second-order valence-corrected chi connectivity index (χ2v) is 9.55. The highest BCUT2D eigenvalue weighted by Crippen LogP contribution is 2.29. The first-order valence-corrected chi connectivity index (χ1v) is 11.5. The van der Waals surface area contributed by atoms with E-state index in [1.54, 1.807) is 29.2 Å². The van der Waals surface area contributed by atoms with Crippen LogP contribution in [0, 0.1) is 19.8 Å². The van der Waals surface area contributed by atoms with E-state index in [-0.39, 0.29) is 24.0 Å². The Hall–Kier alpha value is -2.71. The zero-order chi connectivity index (χ0) is 21.9. The lowest BCUT2D eigenvalue weighted by atomic mass is 10.1. The quantitative estimate of drug-likeness (QED) is 0.704. The molecule has 1 heterocycles. The van der Waals surface area contributed by atoms with E-state index < -0.39 is 15.9 Å². The molecule has 2 amide bonds. The highest BCUT2D eigenvalue weighted by Gasteiger charge is 2.35. The van der Waals surface area contributed by atoms with Gasteiger partial charge in [-0.2, -0.15) is 0 Å². The third kappa shape index (κ3) is 5.06. The van der Waals surface area contributed by atoms with Gasteiger partial charge in [-0.25, -0.2) is 13.1 Å². The van der Waals surface area contributed by atoms with Crippen LogP contribution in [-0.2, 0) is 31.9 Å². The summed E-state index contributed by atoms with van der Waals surface area (Å²) in [4.78, 5) is 26.8. The molecule has 0 aliphatic carbocycles. The molecule has 2 aromatic rings. The van der Waals surface area contributed by atoms with Crippen molar-refractivity contribution in [3.8, 4) is 0 Å². The molecule has 160 valence electrons. The summed E-state index contributed by atoms with van der Waals surface area (Å²) < 4.78 is 25.5. The number of anilines is 1. The van der Waals surface area contributed by atoms with E-state index in [0.29, 0.717) is 18.7 Å². The highest BCUT2D eigenvalue weighted by molar-refractivity contribution is 7.88. The Morgan fingerprint density at radius 1 is 1.10 bits per heavy atom. The average Bonchev–Trinajstić information content (AvgIpc) is 3.10. The summed E-state index contributed by atoms with van der Waals surface area (Å²) in [5.74, 6) is -0.677. The molecule has 1 saturated heterocycles. The Morgan fingerprint density at radius 2 is 1.77 bits per heavy atom. The third-order valence-electron chi connectivity index (χ3n) is 5.52. The third-order valence-corrected chi connectivity index (χ3v) is 6.86. The number of carbonyl (C=O) groups excluding carboxylic acids is 2. The number of hydrogen-bond acceptors (Lipinski definition) is 4. The van der Waals surface area contributed by atoms with Crippen molar-refractivity contribution in [3.63, 3.8) is 0 Å². The molecule has 1 fully saturated rings. The van der Waals surface area contributed by atoms with Crippen LogP contribution in [0.1, 0.15) is 28.7 Å². The lowest BCUT2D eigenvalue weighted by molar-refractivity contribution is -0.126. The molecule has 30 heavy (non-hydrogen) atoms. The number of aryl methyl sites for hydroxylation is 1. The van der Waals surface area contributed by atoms with Gasteiger partial charge in [0.15, 0.2) is 0 Å². The lowest BCUT2D eigenvalue weighted by Gasteiger charge is -2.20. The smallest absolute Gasteiger partial charge is 0.227 e. The summed E-state index contributed by atoms with van der Waals surface area (Å²) in [6, 6.07) is 12.9. The first kappa shape index (κ1) is 22.0. The number of rotatable bonds is 7. The van der Waals surface area contributed by atoms with Gasteiger partial charge in [-0.05, 0) is 49.2 Å². The normalized spacial score (nSPS) is 16.7. The Bertz CT molecular complexity index is 1050. The van der Waals surface area contributed by atoms with Crippen molar-refractivity contribution in [3.05, 3.63) is 64.7 Å². The van der Waals surface area contributed by atoms with Crippen molar-refractivity contribution in [1.82, 2.24) is 10.0 Å². The largest absolute Gasteiger partial charge is 0.352 e. The maximum atomic E-state index is 12.6. The predicted molar refractivity (Wildman–Crippen MR) is 116 cm³/mol. The monoisotopic (exact) mass is 429 g/mol. The lowest BCUT2D eigenvalue weighted by Crippen LogP contribution is -2.32. The molecular formula is C22H27N3O4S. The van der Waals surface area contributed by atoms with Crippen LogP contribution >= 0.6 is 0 Å². The van der Waals surface area contributed by atoms with E-state index >= 15 is 0 Å². The number of carbonyl (C=O) groups is 2. The molecule has 8 heteroatoms.